The van der Waals surface area contributed by atoms with Crippen LogP contribution in [-0.4, -0.2) is 25.7 Å². The maximum atomic E-state index is 13.1. The van der Waals surface area contributed by atoms with Crippen LogP contribution in [0.2, 0.25) is 0 Å². The third kappa shape index (κ3) is 4.08. The van der Waals surface area contributed by atoms with E-state index >= 15 is 0 Å². The van der Waals surface area contributed by atoms with Gasteiger partial charge >= 0.3 is 0 Å². The molecule has 1 atom stereocenters. The molecule has 1 aliphatic heterocycles. The van der Waals surface area contributed by atoms with Crippen molar-refractivity contribution in [1.82, 2.24) is 5.32 Å². The van der Waals surface area contributed by atoms with Crippen LogP contribution in [-0.2, 0) is 4.74 Å². The first kappa shape index (κ1) is 16.4. The van der Waals surface area contributed by atoms with E-state index in [0.29, 0.717) is 30.4 Å². The first-order chi connectivity index (χ1) is 11.6. The van der Waals surface area contributed by atoms with Crippen molar-refractivity contribution in [2.24, 2.45) is 5.92 Å². The molecule has 2 aromatic rings. The SMILES string of the molecule is O=C(NCC1CCOC1)c1ccc(Oc2ccc(F)c(F)c2)cc1. The summed E-state index contributed by atoms with van der Waals surface area (Å²) in [5.41, 5.74) is 0.506. The molecule has 0 saturated carbocycles. The Labute approximate surface area is 138 Å². The fourth-order valence-corrected chi connectivity index (χ4v) is 2.43. The quantitative estimate of drug-likeness (QED) is 0.911. The Morgan fingerprint density at radius 1 is 1.12 bits per heavy atom. The van der Waals surface area contributed by atoms with E-state index in [1.807, 2.05) is 0 Å². The molecule has 1 N–H and O–H groups in total. The molecule has 6 heteroatoms. The van der Waals surface area contributed by atoms with Gasteiger partial charge in [0.25, 0.3) is 5.91 Å². The standard InChI is InChI=1S/C18H17F2NO3/c19-16-6-5-15(9-17(16)20)24-14-3-1-13(2-4-14)18(22)21-10-12-7-8-23-11-12/h1-6,9,12H,7-8,10-11H2,(H,21,22). The number of benzene rings is 2. The third-order valence-electron chi connectivity index (χ3n) is 3.82. The molecule has 1 aliphatic rings. The second-order valence-corrected chi connectivity index (χ2v) is 5.64. The number of amides is 1. The highest BCUT2D eigenvalue weighted by Crippen LogP contribution is 2.23. The Kier molecular flexibility index (Phi) is 5.05. The van der Waals surface area contributed by atoms with Crippen LogP contribution in [0.25, 0.3) is 0 Å². The van der Waals surface area contributed by atoms with Crippen LogP contribution in [0.1, 0.15) is 16.8 Å². The van der Waals surface area contributed by atoms with Crippen LogP contribution >= 0.6 is 0 Å². The zero-order chi connectivity index (χ0) is 16.9. The van der Waals surface area contributed by atoms with Gasteiger partial charge in [0.05, 0.1) is 6.61 Å². The molecule has 1 fully saturated rings. The minimum Gasteiger partial charge on any atom is -0.457 e. The minimum absolute atomic E-state index is 0.165. The van der Waals surface area contributed by atoms with Gasteiger partial charge in [0.1, 0.15) is 11.5 Å². The van der Waals surface area contributed by atoms with Gasteiger partial charge in [-0.1, -0.05) is 0 Å². The molecule has 2 aromatic carbocycles. The average Bonchev–Trinajstić information content (AvgIpc) is 3.10. The molecule has 126 valence electrons. The minimum atomic E-state index is -0.973. The molecule has 1 unspecified atom stereocenters. The van der Waals surface area contributed by atoms with Gasteiger partial charge in [0.15, 0.2) is 11.6 Å². The fourth-order valence-electron chi connectivity index (χ4n) is 2.43. The molecule has 1 heterocycles. The van der Waals surface area contributed by atoms with Crippen molar-refractivity contribution < 1.29 is 23.0 Å². The number of halogens is 2. The molecule has 0 aliphatic carbocycles. The molecular formula is C18H17F2NO3. The number of hydrogen-bond acceptors (Lipinski definition) is 3. The summed E-state index contributed by atoms with van der Waals surface area (Å²) in [6, 6.07) is 9.76. The lowest BCUT2D eigenvalue weighted by Crippen LogP contribution is -2.29. The molecule has 0 spiro atoms. The van der Waals surface area contributed by atoms with Crippen LogP contribution in [0.3, 0.4) is 0 Å². The van der Waals surface area contributed by atoms with Gasteiger partial charge in [-0.3, -0.25) is 4.79 Å². The topological polar surface area (TPSA) is 47.6 Å². The molecule has 3 rings (SSSR count). The Bertz CT molecular complexity index is 713. The van der Waals surface area contributed by atoms with Crippen LogP contribution in [0.5, 0.6) is 11.5 Å². The maximum absolute atomic E-state index is 13.1. The van der Waals surface area contributed by atoms with E-state index in [0.717, 1.165) is 25.2 Å². The summed E-state index contributed by atoms with van der Waals surface area (Å²) < 4.78 is 36.7. The lowest BCUT2D eigenvalue weighted by atomic mass is 10.1. The fraction of sp³-hybridized carbons (Fsp3) is 0.278. The number of rotatable bonds is 5. The van der Waals surface area contributed by atoms with Crippen molar-refractivity contribution in [2.45, 2.75) is 6.42 Å². The summed E-state index contributed by atoms with van der Waals surface area (Å²) in [5.74, 6) is -1.08. The van der Waals surface area contributed by atoms with E-state index in [1.54, 1.807) is 24.3 Å². The van der Waals surface area contributed by atoms with E-state index in [2.05, 4.69) is 5.32 Å². The molecular weight excluding hydrogens is 316 g/mol. The van der Waals surface area contributed by atoms with Gasteiger partial charge in [-0.15, -0.1) is 0 Å². The number of carbonyl (C=O) groups excluding carboxylic acids is 1. The molecule has 24 heavy (non-hydrogen) atoms. The van der Waals surface area contributed by atoms with E-state index in [1.165, 1.54) is 6.07 Å². The molecule has 0 aromatic heterocycles. The predicted molar refractivity (Wildman–Crippen MR) is 84.1 cm³/mol. The largest absolute Gasteiger partial charge is 0.457 e. The zero-order valence-corrected chi connectivity index (χ0v) is 12.9. The van der Waals surface area contributed by atoms with E-state index in [-0.39, 0.29) is 11.7 Å². The van der Waals surface area contributed by atoms with Crippen molar-refractivity contribution in [1.29, 1.82) is 0 Å². The second-order valence-electron chi connectivity index (χ2n) is 5.64. The van der Waals surface area contributed by atoms with Crippen LogP contribution < -0.4 is 10.1 Å². The van der Waals surface area contributed by atoms with Crippen LogP contribution in [0.15, 0.2) is 42.5 Å². The van der Waals surface area contributed by atoms with Gasteiger partial charge in [0.2, 0.25) is 0 Å². The summed E-state index contributed by atoms with van der Waals surface area (Å²) in [6.45, 7) is 2.02. The van der Waals surface area contributed by atoms with Gasteiger partial charge in [-0.05, 0) is 42.8 Å². The van der Waals surface area contributed by atoms with Gasteiger partial charge in [-0.25, -0.2) is 8.78 Å². The second kappa shape index (κ2) is 7.40. The Hall–Kier alpha value is -2.47. The molecule has 1 saturated heterocycles. The molecule has 0 bridgehead atoms. The molecule has 4 nitrogen and oxygen atoms in total. The van der Waals surface area contributed by atoms with Gasteiger partial charge in [-0.2, -0.15) is 0 Å². The lowest BCUT2D eigenvalue weighted by Gasteiger charge is -2.10. The van der Waals surface area contributed by atoms with Crippen molar-refractivity contribution in [3.05, 3.63) is 59.7 Å². The molecule has 1 amide bonds. The van der Waals surface area contributed by atoms with Gasteiger partial charge < -0.3 is 14.8 Å². The van der Waals surface area contributed by atoms with E-state index in [9.17, 15) is 13.6 Å². The summed E-state index contributed by atoms with van der Waals surface area (Å²) in [7, 11) is 0. The Morgan fingerprint density at radius 3 is 2.54 bits per heavy atom. The highest BCUT2D eigenvalue weighted by Gasteiger charge is 2.16. The number of carbonyl (C=O) groups is 1. The first-order valence-electron chi connectivity index (χ1n) is 7.71. The predicted octanol–water partition coefficient (Wildman–Crippen LogP) is 3.52. The third-order valence-corrected chi connectivity index (χ3v) is 3.82. The first-order valence-corrected chi connectivity index (χ1v) is 7.71. The van der Waals surface area contributed by atoms with Crippen molar-refractivity contribution in [2.75, 3.05) is 19.8 Å². The summed E-state index contributed by atoms with van der Waals surface area (Å²) in [6.07, 6.45) is 0.960. The number of nitrogens with one attached hydrogen (secondary N) is 1. The van der Waals surface area contributed by atoms with Crippen molar-refractivity contribution >= 4 is 5.91 Å². The van der Waals surface area contributed by atoms with Crippen molar-refractivity contribution in [3.8, 4) is 11.5 Å². The smallest absolute Gasteiger partial charge is 0.251 e. The highest BCUT2D eigenvalue weighted by molar-refractivity contribution is 5.94. The average molecular weight is 333 g/mol. The highest BCUT2D eigenvalue weighted by atomic mass is 19.2. The lowest BCUT2D eigenvalue weighted by molar-refractivity contribution is 0.0945. The summed E-state index contributed by atoms with van der Waals surface area (Å²) in [4.78, 5) is 12.1. The van der Waals surface area contributed by atoms with Gasteiger partial charge in [0, 0.05) is 30.7 Å². The number of hydrogen-bond donors (Lipinski definition) is 1. The van der Waals surface area contributed by atoms with Crippen molar-refractivity contribution in [3.63, 3.8) is 0 Å². The molecule has 0 radical (unpaired) electrons. The maximum Gasteiger partial charge on any atom is 0.251 e. The van der Waals surface area contributed by atoms with E-state index < -0.39 is 11.6 Å². The van der Waals surface area contributed by atoms with E-state index in [4.69, 9.17) is 9.47 Å². The number of ether oxygens (including phenoxy) is 2. The normalized spacial score (nSPS) is 16.8. The zero-order valence-electron chi connectivity index (χ0n) is 12.9. The summed E-state index contributed by atoms with van der Waals surface area (Å²) in [5, 5.41) is 2.87. The Morgan fingerprint density at radius 2 is 1.88 bits per heavy atom. The Balaban J connectivity index is 1.57. The summed E-state index contributed by atoms with van der Waals surface area (Å²) >= 11 is 0. The van der Waals surface area contributed by atoms with Crippen LogP contribution in [0, 0.1) is 17.6 Å². The monoisotopic (exact) mass is 333 g/mol. The van der Waals surface area contributed by atoms with Crippen LogP contribution in [0.4, 0.5) is 8.78 Å².